The second kappa shape index (κ2) is 6.68. The number of aryl methyl sites for hydroxylation is 1. The number of carbonyl (C=O) groups is 1. The number of rotatable bonds is 4. The van der Waals surface area contributed by atoms with Crippen LogP contribution in [0.15, 0.2) is 41.3 Å². The Hall–Kier alpha value is -1.78. The minimum absolute atomic E-state index is 0.00425. The highest BCUT2D eigenvalue weighted by Gasteiger charge is 2.66. The fourth-order valence-corrected chi connectivity index (χ4v) is 4.72. The van der Waals surface area contributed by atoms with Gasteiger partial charge in [0, 0.05) is 0 Å². The molecule has 1 heterocycles. The van der Waals surface area contributed by atoms with Crippen molar-refractivity contribution in [1.29, 1.82) is 0 Å². The molecular weight excluding hydrogens is 374 g/mol. The van der Waals surface area contributed by atoms with E-state index < -0.39 is 45.6 Å². The van der Waals surface area contributed by atoms with Crippen LogP contribution in [-0.4, -0.2) is 56.2 Å². The van der Waals surface area contributed by atoms with Gasteiger partial charge in [0.1, 0.15) is 6.10 Å². The zero-order chi connectivity index (χ0) is 20.0. The summed E-state index contributed by atoms with van der Waals surface area (Å²) < 4.78 is 44.6. The van der Waals surface area contributed by atoms with Crippen molar-refractivity contribution >= 4 is 16.0 Å². The number of aliphatic hydroxyl groups excluding tert-OH is 1. The Morgan fingerprint density at radius 3 is 2.44 bits per heavy atom. The molecule has 148 valence electrons. The molecule has 2 aliphatic rings. The second-order valence-electron chi connectivity index (χ2n) is 7.11. The first-order chi connectivity index (χ1) is 12.5. The molecule has 1 aliphatic heterocycles. The van der Waals surface area contributed by atoms with Crippen LogP contribution in [0.3, 0.4) is 0 Å². The van der Waals surface area contributed by atoms with Gasteiger partial charge in [-0.25, -0.2) is 17.9 Å². The topological polar surface area (TPSA) is 111 Å². The van der Waals surface area contributed by atoms with Gasteiger partial charge in [0.15, 0.2) is 5.79 Å². The molecule has 0 saturated carbocycles. The highest BCUT2D eigenvalue weighted by atomic mass is 32.2. The van der Waals surface area contributed by atoms with E-state index in [0.717, 1.165) is 5.56 Å². The third-order valence-corrected chi connectivity index (χ3v) is 6.11. The number of nitrogens with one attached hydrogen (secondary N) is 1. The number of hydrogen-bond acceptors (Lipinski definition) is 7. The zero-order valence-electron chi connectivity index (χ0n) is 15.5. The van der Waals surface area contributed by atoms with Gasteiger partial charge in [-0.15, -0.1) is 0 Å². The van der Waals surface area contributed by atoms with E-state index in [1.807, 2.05) is 6.92 Å². The third-order valence-electron chi connectivity index (χ3n) is 4.65. The maximum Gasteiger partial charge on any atom is 0.343 e. The van der Waals surface area contributed by atoms with E-state index in [0.29, 0.717) is 0 Å². The van der Waals surface area contributed by atoms with E-state index in [-0.39, 0.29) is 4.90 Å². The molecule has 1 aromatic carbocycles. The highest BCUT2D eigenvalue weighted by Crippen LogP contribution is 2.44. The van der Waals surface area contributed by atoms with Gasteiger partial charge < -0.3 is 19.3 Å². The predicted octanol–water partition coefficient (Wildman–Crippen LogP) is 0.636. The molecule has 3 rings (SSSR count). The van der Waals surface area contributed by atoms with Gasteiger partial charge in [-0.3, -0.25) is 0 Å². The average Bonchev–Trinajstić information content (AvgIpc) is 2.89. The van der Waals surface area contributed by atoms with Crippen molar-refractivity contribution in [2.45, 2.75) is 55.3 Å². The Morgan fingerprint density at radius 2 is 1.85 bits per heavy atom. The molecular formula is C18H23NO7S. The Balaban J connectivity index is 2.04. The molecule has 2 N–H and O–H groups in total. The van der Waals surface area contributed by atoms with E-state index in [4.69, 9.17) is 14.2 Å². The molecule has 0 unspecified atom stereocenters. The first kappa shape index (κ1) is 20.0. The maximum atomic E-state index is 12.9. The molecule has 27 heavy (non-hydrogen) atoms. The summed E-state index contributed by atoms with van der Waals surface area (Å²) in [7, 11) is -2.89. The molecule has 9 heteroatoms. The van der Waals surface area contributed by atoms with Gasteiger partial charge in [-0.1, -0.05) is 29.8 Å². The Kier molecular flexibility index (Phi) is 4.94. The Labute approximate surface area is 158 Å². The minimum atomic E-state index is -4.05. The number of aliphatic hydroxyl groups is 1. The Bertz CT molecular complexity index is 862. The van der Waals surface area contributed by atoms with Crippen molar-refractivity contribution in [2.24, 2.45) is 0 Å². The maximum absolute atomic E-state index is 12.9. The summed E-state index contributed by atoms with van der Waals surface area (Å²) in [6.45, 7) is 5.03. The summed E-state index contributed by atoms with van der Waals surface area (Å²) in [5, 5.41) is 10.5. The first-order valence-electron chi connectivity index (χ1n) is 8.44. The van der Waals surface area contributed by atoms with Crippen molar-refractivity contribution in [3.05, 3.63) is 42.0 Å². The van der Waals surface area contributed by atoms with Crippen LogP contribution in [-0.2, 0) is 29.0 Å². The lowest BCUT2D eigenvalue weighted by Crippen LogP contribution is -2.68. The fourth-order valence-electron chi connectivity index (χ4n) is 3.44. The van der Waals surface area contributed by atoms with Gasteiger partial charge in [0.05, 0.1) is 24.2 Å². The molecule has 1 aliphatic carbocycles. The van der Waals surface area contributed by atoms with Crippen LogP contribution in [0.4, 0.5) is 0 Å². The minimum Gasteiger partial charge on any atom is -0.467 e. The number of ether oxygens (including phenoxy) is 3. The largest absolute Gasteiger partial charge is 0.467 e. The highest BCUT2D eigenvalue weighted by molar-refractivity contribution is 7.89. The molecule has 0 bridgehead atoms. The van der Waals surface area contributed by atoms with Gasteiger partial charge in [-0.05, 0) is 32.9 Å². The summed E-state index contributed by atoms with van der Waals surface area (Å²) >= 11 is 0. The molecule has 8 nitrogen and oxygen atoms in total. The molecule has 4 atom stereocenters. The van der Waals surface area contributed by atoms with E-state index in [1.165, 1.54) is 31.4 Å². The molecule has 0 spiro atoms. The normalized spacial score (nSPS) is 32.1. The van der Waals surface area contributed by atoms with Gasteiger partial charge >= 0.3 is 5.97 Å². The third kappa shape index (κ3) is 3.41. The van der Waals surface area contributed by atoms with Crippen LogP contribution in [0.25, 0.3) is 0 Å². The molecule has 0 aromatic heterocycles. The second-order valence-corrected chi connectivity index (χ2v) is 8.83. The summed E-state index contributed by atoms with van der Waals surface area (Å²) in [4.78, 5) is 12.7. The van der Waals surface area contributed by atoms with Crippen LogP contribution in [0, 0.1) is 6.92 Å². The zero-order valence-corrected chi connectivity index (χ0v) is 16.3. The number of carbonyl (C=O) groups excluding carboxylic acids is 1. The van der Waals surface area contributed by atoms with Crippen LogP contribution >= 0.6 is 0 Å². The van der Waals surface area contributed by atoms with E-state index in [1.54, 1.807) is 26.0 Å². The Morgan fingerprint density at radius 1 is 1.22 bits per heavy atom. The number of esters is 1. The summed E-state index contributed by atoms with van der Waals surface area (Å²) in [6.07, 6.45) is 0.610. The van der Waals surface area contributed by atoms with Gasteiger partial charge in [-0.2, -0.15) is 0 Å². The van der Waals surface area contributed by atoms with Crippen molar-refractivity contribution in [2.75, 3.05) is 7.11 Å². The van der Waals surface area contributed by atoms with Crippen LogP contribution < -0.4 is 4.72 Å². The lowest BCUT2D eigenvalue weighted by molar-refractivity contribution is -0.195. The number of sulfonamides is 1. The number of benzene rings is 1. The monoisotopic (exact) mass is 397 g/mol. The number of fused-ring (bicyclic) bond motifs is 1. The van der Waals surface area contributed by atoms with Crippen molar-refractivity contribution in [3.63, 3.8) is 0 Å². The molecule has 1 saturated heterocycles. The van der Waals surface area contributed by atoms with Gasteiger partial charge in [0.25, 0.3) is 0 Å². The van der Waals surface area contributed by atoms with Crippen LogP contribution in [0.1, 0.15) is 19.4 Å². The van der Waals surface area contributed by atoms with Crippen molar-refractivity contribution in [3.8, 4) is 0 Å². The SMILES string of the molecule is COC(=O)[C@@]12OC(C)(C)O[C@@H]1C=C[C@@H](O)[C@H]2NS(=O)(=O)c1ccc(C)cc1. The van der Waals surface area contributed by atoms with E-state index in [2.05, 4.69) is 4.72 Å². The fraction of sp³-hybridized carbons (Fsp3) is 0.500. The smallest absolute Gasteiger partial charge is 0.343 e. The van der Waals surface area contributed by atoms with Crippen LogP contribution in [0.2, 0.25) is 0 Å². The van der Waals surface area contributed by atoms with E-state index in [9.17, 15) is 18.3 Å². The summed E-state index contributed by atoms with van der Waals surface area (Å²) in [5.74, 6) is -2.01. The summed E-state index contributed by atoms with van der Waals surface area (Å²) in [5.41, 5.74) is -0.959. The molecule has 1 aromatic rings. The number of methoxy groups -OCH3 is 1. The van der Waals surface area contributed by atoms with Crippen molar-refractivity contribution in [1.82, 2.24) is 4.72 Å². The molecule has 0 radical (unpaired) electrons. The molecule has 1 fully saturated rings. The quantitative estimate of drug-likeness (QED) is 0.566. The lowest BCUT2D eigenvalue weighted by Gasteiger charge is -2.40. The van der Waals surface area contributed by atoms with Crippen LogP contribution in [0.5, 0.6) is 0 Å². The summed E-state index contributed by atoms with van der Waals surface area (Å²) in [6, 6.07) is 4.86. The predicted molar refractivity (Wildman–Crippen MR) is 95.2 cm³/mol. The first-order valence-corrected chi connectivity index (χ1v) is 9.92. The number of hydrogen-bond donors (Lipinski definition) is 2. The van der Waals surface area contributed by atoms with Gasteiger partial charge in [0.2, 0.25) is 15.6 Å². The lowest BCUT2D eigenvalue weighted by atomic mass is 9.81. The average molecular weight is 397 g/mol. The molecule has 0 amide bonds. The van der Waals surface area contributed by atoms with E-state index >= 15 is 0 Å². The standard InChI is InChI=1S/C18H23NO7S/c1-11-5-7-12(8-6-11)27(22,23)19-15-13(20)9-10-14-18(15,16(21)24-4)26-17(2,3)25-14/h5-10,13-15,19-20H,1-4H3/t13-,14-,15-,18-/m1/s1. The van der Waals surface area contributed by atoms with Crippen molar-refractivity contribution < 1.29 is 32.5 Å².